The van der Waals surface area contributed by atoms with Gasteiger partial charge in [-0.3, -0.25) is 0 Å². The van der Waals surface area contributed by atoms with Crippen molar-refractivity contribution >= 4 is 0 Å². The van der Waals surface area contributed by atoms with E-state index in [0.717, 1.165) is 25.2 Å². The van der Waals surface area contributed by atoms with Gasteiger partial charge in [-0.2, -0.15) is 0 Å². The van der Waals surface area contributed by atoms with Crippen molar-refractivity contribution in [3.8, 4) is 22.9 Å². The number of aryl methyl sites for hydroxylation is 1. The largest absolute Gasteiger partial charge is 0.508 e. The third kappa shape index (κ3) is 2.04. The Morgan fingerprint density at radius 1 is 1.32 bits per heavy atom. The molecule has 6 nitrogen and oxygen atoms in total. The summed E-state index contributed by atoms with van der Waals surface area (Å²) in [5.74, 6) is 2.07. The SMILES string of the molecule is NCC1CCc2nnc(-c3cc(O)ccc3O)n2C1. The molecule has 4 N–H and O–H groups in total. The number of aromatic hydroxyl groups is 2. The quantitative estimate of drug-likeness (QED) is 0.696. The molecule has 19 heavy (non-hydrogen) atoms. The van der Waals surface area contributed by atoms with Gasteiger partial charge in [0.1, 0.15) is 17.3 Å². The smallest absolute Gasteiger partial charge is 0.167 e. The molecule has 0 saturated heterocycles. The van der Waals surface area contributed by atoms with E-state index in [0.29, 0.717) is 23.9 Å². The van der Waals surface area contributed by atoms with Gasteiger partial charge in [0.2, 0.25) is 0 Å². The Bertz CT molecular complexity index is 609. The van der Waals surface area contributed by atoms with Crippen LogP contribution in [0.4, 0.5) is 0 Å². The average molecular weight is 260 g/mol. The summed E-state index contributed by atoms with van der Waals surface area (Å²) in [4.78, 5) is 0. The Balaban J connectivity index is 2.07. The highest BCUT2D eigenvalue weighted by Crippen LogP contribution is 2.33. The normalized spacial score (nSPS) is 18.3. The molecule has 1 atom stereocenters. The molecule has 1 aliphatic heterocycles. The predicted molar refractivity (Wildman–Crippen MR) is 69.7 cm³/mol. The fraction of sp³-hybridized carbons (Fsp3) is 0.385. The Morgan fingerprint density at radius 2 is 2.16 bits per heavy atom. The molecule has 1 unspecified atom stereocenters. The maximum atomic E-state index is 9.91. The first-order valence-corrected chi connectivity index (χ1v) is 6.33. The minimum absolute atomic E-state index is 0.0860. The maximum Gasteiger partial charge on any atom is 0.167 e. The summed E-state index contributed by atoms with van der Waals surface area (Å²) in [5.41, 5.74) is 6.23. The summed E-state index contributed by atoms with van der Waals surface area (Å²) in [5, 5.41) is 27.8. The lowest BCUT2D eigenvalue weighted by Crippen LogP contribution is -2.26. The number of rotatable bonds is 2. The number of hydrogen-bond donors (Lipinski definition) is 3. The van der Waals surface area contributed by atoms with Gasteiger partial charge in [0.05, 0.1) is 5.56 Å². The van der Waals surface area contributed by atoms with Gasteiger partial charge >= 0.3 is 0 Å². The molecule has 0 amide bonds. The minimum atomic E-state index is 0.0860. The van der Waals surface area contributed by atoms with Crippen LogP contribution < -0.4 is 5.73 Å². The molecule has 2 heterocycles. The van der Waals surface area contributed by atoms with Gasteiger partial charge in [-0.05, 0) is 37.1 Å². The Hall–Kier alpha value is -2.08. The third-order valence-electron chi connectivity index (χ3n) is 3.60. The van der Waals surface area contributed by atoms with E-state index >= 15 is 0 Å². The van der Waals surface area contributed by atoms with Crippen LogP contribution in [-0.2, 0) is 13.0 Å². The average Bonchev–Trinajstić information content (AvgIpc) is 2.84. The second kappa shape index (κ2) is 4.55. The van der Waals surface area contributed by atoms with E-state index in [1.54, 1.807) is 0 Å². The van der Waals surface area contributed by atoms with Crippen LogP contribution in [0.5, 0.6) is 11.5 Å². The zero-order valence-electron chi connectivity index (χ0n) is 10.5. The van der Waals surface area contributed by atoms with Gasteiger partial charge in [-0.1, -0.05) is 0 Å². The molecule has 100 valence electrons. The molecule has 0 aliphatic carbocycles. The molecule has 0 bridgehead atoms. The molecule has 1 aliphatic rings. The highest BCUT2D eigenvalue weighted by Gasteiger charge is 2.23. The fourth-order valence-electron chi connectivity index (χ4n) is 2.49. The Labute approximate surface area is 110 Å². The second-order valence-electron chi connectivity index (χ2n) is 4.89. The van der Waals surface area contributed by atoms with Gasteiger partial charge in [-0.15, -0.1) is 10.2 Å². The number of aromatic nitrogens is 3. The molecule has 0 fully saturated rings. The first kappa shape index (κ1) is 12.0. The summed E-state index contributed by atoms with van der Waals surface area (Å²) >= 11 is 0. The standard InChI is InChI=1S/C13H16N4O2/c14-6-8-1-4-12-15-16-13(17(12)7-8)10-5-9(18)2-3-11(10)19/h2-3,5,8,18-19H,1,4,6-7,14H2. The lowest BCUT2D eigenvalue weighted by atomic mass is 9.99. The van der Waals surface area contributed by atoms with Crippen LogP contribution in [0.3, 0.4) is 0 Å². The highest BCUT2D eigenvalue weighted by molar-refractivity contribution is 5.66. The van der Waals surface area contributed by atoms with Gasteiger partial charge < -0.3 is 20.5 Å². The molecule has 3 rings (SSSR count). The number of nitrogens with zero attached hydrogens (tertiary/aromatic N) is 3. The predicted octanol–water partition coefficient (Wildman–Crippen LogP) is 0.877. The summed E-state index contributed by atoms with van der Waals surface area (Å²) in [7, 11) is 0. The minimum Gasteiger partial charge on any atom is -0.508 e. The van der Waals surface area contributed by atoms with Crippen LogP contribution in [0.1, 0.15) is 12.2 Å². The first-order chi connectivity index (χ1) is 9.19. The lowest BCUT2D eigenvalue weighted by molar-refractivity contribution is 0.375. The van der Waals surface area contributed by atoms with Crippen LogP contribution in [0, 0.1) is 5.92 Å². The van der Waals surface area contributed by atoms with Crippen molar-refractivity contribution in [1.82, 2.24) is 14.8 Å². The Kier molecular flexibility index (Phi) is 2.87. The zero-order chi connectivity index (χ0) is 13.4. The molecular weight excluding hydrogens is 244 g/mol. The first-order valence-electron chi connectivity index (χ1n) is 6.33. The van der Waals surface area contributed by atoms with Crippen LogP contribution >= 0.6 is 0 Å². The highest BCUT2D eigenvalue weighted by atomic mass is 16.3. The number of fused-ring (bicyclic) bond motifs is 1. The molecular formula is C13H16N4O2. The van der Waals surface area contributed by atoms with E-state index in [1.165, 1.54) is 18.2 Å². The molecule has 1 aromatic carbocycles. The molecule has 0 radical (unpaired) electrons. The van der Waals surface area contributed by atoms with Crippen molar-refractivity contribution in [1.29, 1.82) is 0 Å². The van der Waals surface area contributed by atoms with Gasteiger partial charge in [0.15, 0.2) is 5.82 Å². The van der Waals surface area contributed by atoms with Gasteiger partial charge in [-0.25, -0.2) is 0 Å². The van der Waals surface area contributed by atoms with Crippen molar-refractivity contribution in [2.45, 2.75) is 19.4 Å². The molecule has 6 heteroatoms. The number of phenolic OH excluding ortho intramolecular Hbond substituents is 2. The van der Waals surface area contributed by atoms with Gasteiger partial charge in [0.25, 0.3) is 0 Å². The lowest BCUT2D eigenvalue weighted by Gasteiger charge is -2.23. The molecule has 0 saturated carbocycles. The summed E-state index contributed by atoms with van der Waals surface area (Å²) in [6, 6.07) is 4.39. The summed E-state index contributed by atoms with van der Waals surface area (Å²) in [6.45, 7) is 1.38. The third-order valence-corrected chi connectivity index (χ3v) is 3.60. The van der Waals surface area contributed by atoms with E-state index in [2.05, 4.69) is 10.2 Å². The van der Waals surface area contributed by atoms with E-state index in [4.69, 9.17) is 5.73 Å². The van der Waals surface area contributed by atoms with Crippen LogP contribution in [0.25, 0.3) is 11.4 Å². The fourth-order valence-corrected chi connectivity index (χ4v) is 2.49. The van der Waals surface area contributed by atoms with Crippen LogP contribution in [-0.4, -0.2) is 31.5 Å². The summed E-state index contributed by atoms with van der Waals surface area (Å²) < 4.78 is 1.98. The molecule has 1 aromatic heterocycles. The number of benzene rings is 1. The van der Waals surface area contributed by atoms with E-state index in [-0.39, 0.29) is 11.5 Å². The zero-order valence-corrected chi connectivity index (χ0v) is 10.5. The number of phenols is 2. The van der Waals surface area contributed by atoms with Gasteiger partial charge in [0, 0.05) is 13.0 Å². The number of hydrogen-bond acceptors (Lipinski definition) is 5. The maximum absolute atomic E-state index is 9.91. The van der Waals surface area contributed by atoms with Crippen molar-refractivity contribution in [2.75, 3.05) is 6.54 Å². The van der Waals surface area contributed by atoms with E-state index < -0.39 is 0 Å². The van der Waals surface area contributed by atoms with Crippen molar-refractivity contribution < 1.29 is 10.2 Å². The molecule has 2 aromatic rings. The van der Waals surface area contributed by atoms with Crippen molar-refractivity contribution in [3.05, 3.63) is 24.0 Å². The Morgan fingerprint density at radius 3 is 2.95 bits per heavy atom. The monoisotopic (exact) mass is 260 g/mol. The van der Waals surface area contributed by atoms with E-state index in [1.807, 2.05) is 4.57 Å². The second-order valence-corrected chi connectivity index (χ2v) is 4.89. The van der Waals surface area contributed by atoms with Crippen LogP contribution in [0.15, 0.2) is 18.2 Å². The topological polar surface area (TPSA) is 97.2 Å². The van der Waals surface area contributed by atoms with Crippen molar-refractivity contribution in [3.63, 3.8) is 0 Å². The van der Waals surface area contributed by atoms with E-state index in [9.17, 15) is 10.2 Å². The van der Waals surface area contributed by atoms with Crippen LogP contribution in [0.2, 0.25) is 0 Å². The summed E-state index contributed by atoms with van der Waals surface area (Å²) in [6.07, 6.45) is 1.86. The van der Waals surface area contributed by atoms with Crippen molar-refractivity contribution in [2.24, 2.45) is 11.7 Å². The number of nitrogens with two attached hydrogens (primary N) is 1. The molecule has 0 spiro atoms.